The Morgan fingerprint density at radius 1 is 1.28 bits per heavy atom. The fourth-order valence-electron chi connectivity index (χ4n) is 2.04. The quantitative estimate of drug-likeness (QED) is 0.387. The maximum atomic E-state index is 11.0. The molecule has 128 valence electrons. The van der Waals surface area contributed by atoms with Crippen molar-refractivity contribution in [2.75, 3.05) is 6.61 Å². The minimum Gasteiger partial charge on any atom is -0.489 e. The van der Waals surface area contributed by atoms with Crippen molar-refractivity contribution >= 4 is 5.69 Å². The number of aliphatic hydroxyl groups is 1. The molecule has 5 heteroatoms. The molecule has 0 radical (unpaired) electrons. The van der Waals surface area contributed by atoms with E-state index in [1.165, 1.54) is 18.2 Å². The van der Waals surface area contributed by atoms with Gasteiger partial charge in [-0.15, -0.1) is 0 Å². The highest BCUT2D eigenvalue weighted by molar-refractivity contribution is 5.48. The van der Waals surface area contributed by atoms with Gasteiger partial charge in [0.15, 0.2) is 0 Å². The highest BCUT2D eigenvalue weighted by Gasteiger charge is 2.17. The van der Waals surface area contributed by atoms with Gasteiger partial charge < -0.3 is 9.84 Å². The average Bonchev–Trinajstić information content (AvgIpc) is 2.60. The zero-order chi connectivity index (χ0) is 18.2. The van der Waals surface area contributed by atoms with Crippen molar-refractivity contribution in [1.29, 1.82) is 0 Å². The summed E-state index contributed by atoms with van der Waals surface area (Å²) in [6.07, 6.45) is 0.689. The number of ether oxygens (including phenoxy) is 1. The number of benzene rings is 2. The van der Waals surface area contributed by atoms with Gasteiger partial charge in [-0.3, -0.25) is 10.1 Å². The number of hydrogen-bond acceptors (Lipinski definition) is 4. The first-order chi connectivity index (χ1) is 12.0. The van der Waals surface area contributed by atoms with Gasteiger partial charge >= 0.3 is 0 Å². The second-order valence-electron chi connectivity index (χ2n) is 5.61. The zero-order valence-electron chi connectivity index (χ0n) is 14.1. The highest BCUT2D eigenvalue weighted by atomic mass is 16.6. The monoisotopic (exact) mass is 337 g/mol. The molecule has 0 aliphatic rings. The van der Waals surface area contributed by atoms with Gasteiger partial charge in [-0.1, -0.05) is 35.6 Å². The van der Waals surface area contributed by atoms with Gasteiger partial charge in [0.25, 0.3) is 5.69 Å². The van der Waals surface area contributed by atoms with Gasteiger partial charge in [0.2, 0.25) is 0 Å². The number of rotatable bonds is 5. The standard InChI is InChI=1S/C20H19NO4/c1-15(2)12-13-25-20-11-9-17(21(23)24)14-18(20)19(22)10-8-16-6-4-3-5-7-16/h3-7,9,11-12,14,19,22H,13H2,1-2H3/t19-/m1/s1. The van der Waals surface area contributed by atoms with E-state index in [9.17, 15) is 15.2 Å². The molecule has 0 amide bonds. The first kappa shape index (κ1) is 18.2. The SMILES string of the molecule is CC(C)=CCOc1ccc([N+](=O)[O-])cc1[C@H](O)C#Cc1ccccc1. The third kappa shape index (κ3) is 5.48. The number of nitro benzene ring substituents is 1. The van der Waals surface area contributed by atoms with Gasteiger partial charge in [-0.25, -0.2) is 0 Å². The lowest BCUT2D eigenvalue weighted by molar-refractivity contribution is -0.385. The van der Waals surface area contributed by atoms with Gasteiger partial charge in [-0.2, -0.15) is 0 Å². The summed E-state index contributed by atoms with van der Waals surface area (Å²) in [5, 5.41) is 21.4. The van der Waals surface area contributed by atoms with Gasteiger partial charge in [0.05, 0.1) is 4.92 Å². The molecule has 25 heavy (non-hydrogen) atoms. The Bertz CT molecular complexity index is 828. The van der Waals surface area contributed by atoms with Crippen molar-refractivity contribution < 1.29 is 14.8 Å². The summed E-state index contributed by atoms with van der Waals surface area (Å²) in [6, 6.07) is 13.3. The summed E-state index contributed by atoms with van der Waals surface area (Å²) in [6.45, 7) is 4.20. The van der Waals surface area contributed by atoms with Crippen LogP contribution in [0.15, 0.2) is 60.2 Å². The molecule has 2 rings (SSSR count). The van der Waals surface area contributed by atoms with Crippen LogP contribution in [0.2, 0.25) is 0 Å². The third-order valence-electron chi connectivity index (χ3n) is 3.36. The predicted octanol–water partition coefficient (Wildman–Crippen LogP) is 4.02. The Morgan fingerprint density at radius 3 is 2.64 bits per heavy atom. The molecule has 2 aromatic carbocycles. The third-order valence-corrected chi connectivity index (χ3v) is 3.36. The lowest BCUT2D eigenvalue weighted by Crippen LogP contribution is -2.03. The first-order valence-corrected chi connectivity index (χ1v) is 7.76. The largest absolute Gasteiger partial charge is 0.489 e. The zero-order valence-corrected chi connectivity index (χ0v) is 14.1. The number of hydrogen-bond donors (Lipinski definition) is 1. The lowest BCUT2D eigenvalue weighted by atomic mass is 10.1. The van der Waals surface area contributed by atoms with Crippen molar-refractivity contribution in [3.8, 4) is 17.6 Å². The summed E-state index contributed by atoms with van der Waals surface area (Å²) in [7, 11) is 0. The summed E-state index contributed by atoms with van der Waals surface area (Å²) in [5.74, 6) is 5.94. The van der Waals surface area contributed by atoms with Crippen LogP contribution in [0.3, 0.4) is 0 Å². The van der Waals surface area contributed by atoms with E-state index >= 15 is 0 Å². The fourth-order valence-corrected chi connectivity index (χ4v) is 2.04. The molecule has 1 atom stereocenters. The molecule has 0 unspecified atom stereocenters. The molecule has 0 saturated carbocycles. The van der Waals surface area contributed by atoms with Gasteiger partial charge in [-0.05, 0) is 38.1 Å². The minimum atomic E-state index is -1.19. The van der Waals surface area contributed by atoms with Crippen LogP contribution in [0.4, 0.5) is 5.69 Å². The predicted molar refractivity (Wildman–Crippen MR) is 96.3 cm³/mol. The average molecular weight is 337 g/mol. The van der Waals surface area contributed by atoms with Crippen LogP contribution in [0, 0.1) is 22.0 Å². The van der Waals surface area contributed by atoms with Crippen molar-refractivity contribution in [3.63, 3.8) is 0 Å². The first-order valence-electron chi connectivity index (χ1n) is 7.76. The van der Waals surface area contributed by atoms with Crippen molar-refractivity contribution in [2.24, 2.45) is 0 Å². The van der Waals surface area contributed by atoms with Gasteiger partial charge in [0, 0.05) is 23.3 Å². The molecule has 0 saturated heterocycles. The molecule has 0 aliphatic heterocycles. The van der Waals surface area contributed by atoms with Crippen LogP contribution >= 0.6 is 0 Å². The van der Waals surface area contributed by atoms with Crippen molar-refractivity contribution in [3.05, 3.63) is 81.4 Å². The van der Waals surface area contributed by atoms with E-state index in [-0.39, 0.29) is 11.3 Å². The maximum Gasteiger partial charge on any atom is 0.270 e. The molecular weight excluding hydrogens is 318 g/mol. The molecule has 0 aliphatic carbocycles. The lowest BCUT2D eigenvalue weighted by Gasteiger charge is -2.12. The normalized spacial score (nSPS) is 11.0. The summed E-state index contributed by atoms with van der Waals surface area (Å²) < 4.78 is 5.63. The Kier molecular flexibility index (Phi) is 6.33. The van der Waals surface area contributed by atoms with E-state index in [0.717, 1.165) is 11.1 Å². The van der Waals surface area contributed by atoms with Crippen LogP contribution in [-0.2, 0) is 0 Å². The molecule has 0 fully saturated rings. The van der Waals surface area contributed by atoms with Crippen LogP contribution in [0.25, 0.3) is 0 Å². The Labute approximate surface area is 146 Å². The van der Waals surface area contributed by atoms with Crippen LogP contribution < -0.4 is 4.74 Å². The number of allylic oxidation sites excluding steroid dienone is 1. The molecule has 1 N–H and O–H groups in total. The van der Waals surface area contributed by atoms with Gasteiger partial charge in [0.1, 0.15) is 18.5 Å². The van der Waals surface area contributed by atoms with E-state index in [4.69, 9.17) is 4.74 Å². The Hall–Kier alpha value is -3.10. The number of aliphatic hydroxyl groups excluding tert-OH is 1. The molecular formula is C20H19NO4. The number of nitrogens with zero attached hydrogens (tertiary/aromatic N) is 1. The van der Waals surface area contributed by atoms with Crippen LogP contribution in [-0.4, -0.2) is 16.6 Å². The van der Waals surface area contributed by atoms with E-state index < -0.39 is 11.0 Å². The summed E-state index contributed by atoms with van der Waals surface area (Å²) >= 11 is 0. The Balaban J connectivity index is 2.31. The van der Waals surface area contributed by atoms with E-state index in [1.807, 2.05) is 50.3 Å². The van der Waals surface area contributed by atoms with Crippen molar-refractivity contribution in [1.82, 2.24) is 0 Å². The molecule has 0 heterocycles. The Morgan fingerprint density at radius 2 is 2.00 bits per heavy atom. The summed E-state index contributed by atoms with van der Waals surface area (Å²) in [4.78, 5) is 10.5. The summed E-state index contributed by atoms with van der Waals surface area (Å²) in [5.41, 5.74) is 2.00. The highest BCUT2D eigenvalue weighted by Crippen LogP contribution is 2.29. The van der Waals surface area contributed by atoms with Crippen LogP contribution in [0.5, 0.6) is 5.75 Å². The maximum absolute atomic E-state index is 11.0. The second kappa shape index (κ2) is 8.67. The van der Waals surface area contributed by atoms with Crippen molar-refractivity contribution in [2.45, 2.75) is 20.0 Å². The smallest absolute Gasteiger partial charge is 0.270 e. The number of non-ortho nitro benzene ring substituents is 1. The van der Waals surface area contributed by atoms with E-state index in [2.05, 4.69) is 11.8 Å². The van der Waals surface area contributed by atoms with E-state index in [1.54, 1.807) is 0 Å². The second-order valence-corrected chi connectivity index (χ2v) is 5.61. The topological polar surface area (TPSA) is 72.6 Å². The molecule has 5 nitrogen and oxygen atoms in total. The minimum absolute atomic E-state index is 0.120. The van der Waals surface area contributed by atoms with E-state index in [0.29, 0.717) is 12.4 Å². The molecule has 0 aromatic heterocycles. The van der Waals surface area contributed by atoms with Crippen LogP contribution in [0.1, 0.15) is 31.1 Å². The fraction of sp³-hybridized carbons (Fsp3) is 0.200. The molecule has 0 bridgehead atoms. The molecule has 0 spiro atoms. The number of nitro groups is 1. The molecule has 2 aromatic rings.